The molecule has 0 bridgehead atoms. The van der Waals surface area contributed by atoms with E-state index in [2.05, 4.69) is 25.9 Å². The Bertz CT molecular complexity index is 1070. The Morgan fingerprint density at radius 1 is 1.11 bits per heavy atom. The second-order valence-corrected chi connectivity index (χ2v) is 9.13. The summed E-state index contributed by atoms with van der Waals surface area (Å²) >= 11 is 5.85. The molecule has 1 saturated heterocycles. The predicted octanol–water partition coefficient (Wildman–Crippen LogP) is 3.18. The van der Waals surface area contributed by atoms with Crippen molar-refractivity contribution in [3.05, 3.63) is 46.5 Å². The molecule has 1 saturated carbocycles. The molecule has 2 fully saturated rings. The number of carbonyl (C=O) groups excluding carboxylic acids is 3. The Kier molecular flexibility index (Phi) is 7.97. The minimum Gasteiger partial charge on any atom is -0.376 e. The van der Waals surface area contributed by atoms with E-state index in [0.717, 1.165) is 18.9 Å². The molecule has 1 aliphatic carbocycles. The second kappa shape index (κ2) is 11.1. The van der Waals surface area contributed by atoms with Crippen molar-refractivity contribution >= 4 is 35.0 Å². The molecule has 4 N–H and O–H groups in total. The van der Waals surface area contributed by atoms with Crippen LogP contribution in [0.5, 0.6) is 0 Å². The molecule has 1 aromatic carbocycles. The topological polar surface area (TPSA) is 125 Å². The van der Waals surface area contributed by atoms with Gasteiger partial charge in [0.1, 0.15) is 11.5 Å². The van der Waals surface area contributed by atoms with Crippen molar-refractivity contribution in [1.29, 1.82) is 0 Å². The summed E-state index contributed by atoms with van der Waals surface area (Å²) in [7, 11) is 0. The van der Waals surface area contributed by atoms with Crippen LogP contribution in [-0.2, 0) is 9.53 Å². The standard InChI is InChI=1S/C23H26ClF2N5O4/c24-16-8-13(25)9-17(26)18(16)31-21(32)12-3-5-14(6-4-12)30-23(34)20-19(28-11-29-20)22(33)27-10-15-2-1-7-35-15/h8-9,11-12,14-15H,1-7,10H2,(H,27,33)(H,28,29)(H,30,34)(H,31,32)/t12-,14-,15?. The number of H-pyrrole nitrogens is 1. The molecule has 0 spiro atoms. The zero-order valence-corrected chi connectivity index (χ0v) is 19.6. The van der Waals surface area contributed by atoms with Gasteiger partial charge in [0.2, 0.25) is 5.91 Å². The lowest BCUT2D eigenvalue weighted by molar-refractivity contribution is -0.120. The lowest BCUT2D eigenvalue weighted by Crippen LogP contribution is -2.40. The van der Waals surface area contributed by atoms with E-state index in [1.54, 1.807) is 0 Å². The molecule has 1 atom stereocenters. The van der Waals surface area contributed by atoms with Gasteiger partial charge in [0.25, 0.3) is 11.8 Å². The summed E-state index contributed by atoms with van der Waals surface area (Å²) in [6, 6.07) is 1.38. The van der Waals surface area contributed by atoms with Gasteiger partial charge in [0.15, 0.2) is 11.5 Å². The molecule has 4 rings (SSSR count). The molecule has 9 nitrogen and oxygen atoms in total. The van der Waals surface area contributed by atoms with Crippen molar-refractivity contribution in [1.82, 2.24) is 20.6 Å². The number of halogens is 3. The fourth-order valence-electron chi connectivity index (χ4n) is 4.38. The third-order valence-corrected chi connectivity index (χ3v) is 6.58. The zero-order valence-electron chi connectivity index (χ0n) is 18.8. The molecule has 188 valence electrons. The van der Waals surface area contributed by atoms with Crippen LogP contribution >= 0.6 is 11.6 Å². The van der Waals surface area contributed by atoms with Crippen LogP contribution < -0.4 is 16.0 Å². The Morgan fingerprint density at radius 3 is 2.57 bits per heavy atom. The van der Waals surface area contributed by atoms with Gasteiger partial charge >= 0.3 is 0 Å². The fraction of sp³-hybridized carbons (Fsp3) is 0.478. The van der Waals surface area contributed by atoms with Gasteiger partial charge in [0.05, 0.1) is 23.1 Å². The molecular formula is C23H26ClF2N5O4. The number of anilines is 1. The second-order valence-electron chi connectivity index (χ2n) is 8.73. The first-order chi connectivity index (χ1) is 16.8. The van der Waals surface area contributed by atoms with Crippen molar-refractivity contribution in [3.63, 3.8) is 0 Å². The van der Waals surface area contributed by atoms with E-state index in [0.29, 0.717) is 44.9 Å². The maximum Gasteiger partial charge on any atom is 0.272 e. The molecule has 2 heterocycles. The van der Waals surface area contributed by atoms with Gasteiger partial charge in [0, 0.05) is 31.2 Å². The lowest BCUT2D eigenvalue weighted by atomic mass is 9.85. The zero-order chi connectivity index (χ0) is 24.9. The van der Waals surface area contributed by atoms with Crippen molar-refractivity contribution in [2.45, 2.75) is 50.7 Å². The van der Waals surface area contributed by atoms with E-state index in [1.807, 2.05) is 0 Å². The monoisotopic (exact) mass is 509 g/mol. The van der Waals surface area contributed by atoms with Crippen LogP contribution in [0.15, 0.2) is 18.5 Å². The molecule has 12 heteroatoms. The van der Waals surface area contributed by atoms with Crippen molar-refractivity contribution in [2.24, 2.45) is 5.92 Å². The average Bonchev–Trinajstić information content (AvgIpc) is 3.52. The van der Waals surface area contributed by atoms with Crippen LogP contribution in [0.1, 0.15) is 59.5 Å². The van der Waals surface area contributed by atoms with Crippen LogP contribution in [0, 0.1) is 17.6 Å². The van der Waals surface area contributed by atoms with Gasteiger partial charge in [-0.1, -0.05) is 11.6 Å². The van der Waals surface area contributed by atoms with Gasteiger partial charge in [-0.15, -0.1) is 0 Å². The summed E-state index contributed by atoms with van der Waals surface area (Å²) in [6.45, 7) is 1.03. The van der Waals surface area contributed by atoms with E-state index in [-0.39, 0.29) is 34.2 Å². The third kappa shape index (κ3) is 6.15. The minimum atomic E-state index is -0.945. The lowest BCUT2D eigenvalue weighted by Gasteiger charge is -2.28. The number of carbonyl (C=O) groups is 3. The number of hydrogen-bond donors (Lipinski definition) is 4. The molecular weight excluding hydrogens is 484 g/mol. The van der Waals surface area contributed by atoms with E-state index in [4.69, 9.17) is 16.3 Å². The number of aromatic amines is 1. The molecule has 1 aromatic heterocycles. The predicted molar refractivity (Wildman–Crippen MR) is 123 cm³/mol. The average molecular weight is 510 g/mol. The summed E-state index contributed by atoms with van der Waals surface area (Å²) in [4.78, 5) is 44.5. The Morgan fingerprint density at radius 2 is 1.89 bits per heavy atom. The maximum absolute atomic E-state index is 14.0. The van der Waals surface area contributed by atoms with E-state index in [1.165, 1.54) is 6.33 Å². The molecule has 0 radical (unpaired) electrons. The number of imidazole rings is 1. The fourth-order valence-corrected chi connectivity index (χ4v) is 4.62. The number of benzene rings is 1. The first kappa shape index (κ1) is 25.1. The molecule has 2 aromatic rings. The van der Waals surface area contributed by atoms with E-state index >= 15 is 0 Å². The van der Waals surface area contributed by atoms with Gasteiger partial charge in [-0.05, 0) is 44.6 Å². The number of aromatic nitrogens is 2. The van der Waals surface area contributed by atoms with Crippen LogP contribution in [0.2, 0.25) is 5.02 Å². The van der Waals surface area contributed by atoms with E-state index in [9.17, 15) is 23.2 Å². The Labute approximate surface area is 205 Å². The van der Waals surface area contributed by atoms with Crippen LogP contribution in [0.25, 0.3) is 0 Å². The largest absolute Gasteiger partial charge is 0.376 e. The summed E-state index contributed by atoms with van der Waals surface area (Å²) < 4.78 is 32.7. The van der Waals surface area contributed by atoms with Crippen LogP contribution in [0.3, 0.4) is 0 Å². The first-order valence-electron chi connectivity index (χ1n) is 11.5. The molecule has 35 heavy (non-hydrogen) atoms. The Balaban J connectivity index is 1.27. The molecule has 3 amide bonds. The minimum absolute atomic E-state index is 0.00626. The number of hydrogen-bond acceptors (Lipinski definition) is 5. The number of nitrogens with zero attached hydrogens (tertiary/aromatic N) is 1. The highest BCUT2D eigenvalue weighted by Crippen LogP contribution is 2.30. The SMILES string of the molecule is O=C(NCC1CCCO1)c1nc[nH]c1C(=O)N[C@H]1CC[C@H](C(=O)Nc2c(F)cc(F)cc2Cl)CC1. The molecule has 2 aliphatic rings. The van der Waals surface area contributed by atoms with Crippen LogP contribution in [-0.4, -0.2) is 53.0 Å². The summed E-state index contributed by atoms with van der Waals surface area (Å²) in [6.07, 6.45) is 5.02. The van der Waals surface area contributed by atoms with Crippen LogP contribution in [0.4, 0.5) is 14.5 Å². The smallest absolute Gasteiger partial charge is 0.272 e. The maximum atomic E-state index is 14.0. The molecule has 1 unspecified atom stereocenters. The third-order valence-electron chi connectivity index (χ3n) is 6.28. The Hall–Kier alpha value is -3.05. The van der Waals surface area contributed by atoms with Gasteiger partial charge in [-0.25, -0.2) is 13.8 Å². The van der Waals surface area contributed by atoms with E-state index < -0.39 is 35.3 Å². The van der Waals surface area contributed by atoms with Gasteiger partial charge in [-0.2, -0.15) is 0 Å². The van der Waals surface area contributed by atoms with Gasteiger partial charge < -0.3 is 25.7 Å². The van der Waals surface area contributed by atoms with Crippen molar-refractivity contribution in [3.8, 4) is 0 Å². The summed E-state index contributed by atoms with van der Waals surface area (Å²) in [5.74, 6) is -3.52. The van der Waals surface area contributed by atoms with Crippen molar-refractivity contribution < 1.29 is 27.9 Å². The molecule has 1 aliphatic heterocycles. The summed E-state index contributed by atoms with van der Waals surface area (Å²) in [5, 5.41) is 7.85. The highest BCUT2D eigenvalue weighted by atomic mass is 35.5. The van der Waals surface area contributed by atoms with Crippen molar-refractivity contribution in [2.75, 3.05) is 18.5 Å². The quantitative estimate of drug-likeness (QED) is 0.456. The number of amides is 3. The normalized spacial score (nSPS) is 22.0. The first-order valence-corrected chi connectivity index (χ1v) is 11.9. The highest BCUT2D eigenvalue weighted by molar-refractivity contribution is 6.33. The number of rotatable bonds is 7. The number of ether oxygens (including phenoxy) is 1. The highest BCUT2D eigenvalue weighted by Gasteiger charge is 2.30. The van der Waals surface area contributed by atoms with Gasteiger partial charge in [-0.3, -0.25) is 14.4 Å². The number of nitrogens with one attached hydrogen (secondary N) is 4. The summed E-state index contributed by atoms with van der Waals surface area (Å²) in [5.41, 5.74) is -0.180.